The highest BCUT2D eigenvalue weighted by molar-refractivity contribution is 7.91. The summed E-state index contributed by atoms with van der Waals surface area (Å²) in [5.41, 5.74) is 7.44. The second-order valence-electron chi connectivity index (χ2n) is 4.57. The fraction of sp³-hybridized carbons (Fsp3) is 0.545. The first-order valence-corrected chi connectivity index (χ1v) is 7.36. The lowest BCUT2D eigenvalue weighted by Gasteiger charge is -2.24. The van der Waals surface area contributed by atoms with Crippen molar-refractivity contribution in [1.82, 2.24) is 4.98 Å². The molecule has 2 rings (SSSR count). The Balaban J connectivity index is 2.20. The molecule has 2 heterocycles. The van der Waals surface area contributed by atoms with Crippen LogP contribution in [0.5, 0.6) is 0 Å². The second kappa shape index (κ2) is 4.18. The van der Waals surface area contributed by atoms with Gasteiger partial charge in [-0.05, 0) is 18.9 Å². The van der Waals surface area contributed by atoms with Gasteiger partial charge in [-0.3, -0.25) is 0 Å². The molecule has 1 aromatic rings. The van der Waals surface area contributed by atoms with Crippen molar-refractivity contribution in [3.8, 4) is 0 Å². The Labute approximate surface area is 102 Å². The van der Waals surface area contributed by atoms with Crippen LogP contribution in [0.25, 0.3) is 0 Å². The molecule has 1 aliphatic heterocycles. The van der Waals surface area contributed by atoms with Crippen molar-refractivity contribution in [1.29, 1.82) is 0 Å². The lowest BCUT2D eigenvalue weighted by molar-refractivity contribution is 0.600. The number of hydrogen-bond donors (Lipinski definition) is 1. The van der Waals surface area contributed by atoms with Gasteiger partial charge in [-0.1, -0.05) is 0 Å². The molecule has 1 atom stereocenters. The molecule has 0 amide bonds. The first kappa shape index (κ1) is 12.2. The van der Waals surface area contributed by atoms with Crippen molar-refractivity contribution < 1.29 is 8.42 Å². The Morgan fingerprint density at radius 2 is 2.24 bits per heavy atom. The summed E-state index contributed by atoms with van der Waals surface area (Å²) in [6.45, 7) is 1.89. The van der Waals surface area contributed by atoms with E-state index in [4.69, 9.17) is 5.73 Å². The molecule has 1 aliphatic rings. The Hall–Kier alpha value is -1.30. The molecule has 1 aromatic heterocycles. The zero-order valence-corrected chi connectivity index (χ0v) is 10.9. The number of anilines is 2. The van der Waals surface area contributed by atoms with Gasteiger partial charge >= 0.3 is 0 Å². The van der Waals surface area contributed by atoms with E-state index in [0.29, 0.717) is 12.1 Å². The Kier molecular flexibility index (Phi) is 2.99. The molecule has 2 N–H and O–H groups in total. The lowest BCUT2D eigenvalue weighted by Crippen LogP contribution is -2.33. The topological polar surface area (TPSA) is 76.3 Å². The number of nitrogens with zero attached hydrogens (tertiary/aromatic N) is 2. The molecule has 0 bridgehead atoms. The van der Waals surface area contributed by atoms with Gasteiger partial charge in [0, 0.05) is 31.0 Å². The van der Waals surface area contributed by atoms with Crippen LogP contribution in [0.15, 0.2) is 12.3 Å². The number of aryl methyl sites for hydroxylation is 1. The number of rotatable bonds is 2. The van der Waals surface area contributed by atoms with Gasteiger partial charge in [-0.25, -0.2) is 13.4 Å². The molecule has 5 nitrogen and oxygen atoms in total. The van der Waals surface area contributed by atoms with Gasteiger partial charge in [0.2, 0.25) is 0 Å². The zero-order chi connectivity index (χ0) is 12.6. The molecule has 0 spiro atoms. The van der Waals surface area contributed by atoms with Crippen molar-refractivity contribution in [2.24, 2.45) is 0 Å². The third-order valence-electron chi connectivity index (χ3n) is 3.25. The van der Waals surface area contributed by atoms with Crippen LogP contribution < -0.4 is 10.6 Å². The van der Waals surface area contributed by atoms with E-state index in [1.54, 1.807) is 12.3 Å². The molecule has 0 aliphatic carbocycles. The highest BCUT2D eigenvalue weighted by atomic mass is 32.2. The Morgan fingerprint density at radius 3 is 2.76 bits per heavy atom. The largest absolute Gasteiger partial charge is 0.398 e. The van der Waals surface area contributed by atoms with E-state index in [0.717, 1.165) is 11.4 Å². The van der Waals surface area contributed by atoms with E-state index in [9.17, 15) is 8.42 Å². The van der Waals surface area contributed by atoms with E-state index in [1.165, 1.54) is 0 Å². The molecule has 1 fully saturated rings. The predicted octanol–water partition coefficient (Wildman–Crippen LogP) is 0.596. The van der Waals surface area contributed by atoms with Crippen LogP contribution in [0.1, 0.15) is 12.0 Å². The summed E-state index contributed by atoms with van der Waals surface area (Å²) in [6.07, 6.45) is 2.37. The van der Waals surface area contributed by atoms with Crippen LogP contribution >= 0.6 is 0 Å². The summed E-state index contributed by atoms with van der Waals surface area (Å²) in [7, 11) is -1.00. The van der Waals surface area contributed by atoms with Gasteiger partial charge < -0.3 is 10.6 Å². The van der Waals surface area contributed by atoms with Crippen molar-refractivity contribution in [3.63, 3.8) is 0 Å². The smallest absolute Gasteiger partial charge is 0.152 e. The molecule has 6 heteroatoms. The summed E-state index contributed by atoms with van der Waals surface area (Å²) in [5.74, 6) is 1.21. The first-order valence-electron chi connectivity index (χ1n) is 5.54. The van der Waals surface area contributed by atoms with Crippen molar-refractivity contribution in [2.75, 3.05) is 29.2 Å². The zero-order valence-electron chi connectivity index (χ0n) is 10.0. The van der Waals surface area contributed by atoms with E-state index >= 15 is 0 Å². The Morgan fingerprint density at radius 1 is 1.53 bits per heavy atom. The van der Waals surface area contributed by atoms with E-state index < -0.39 is 9.84 Å². The highest BCUT2D eigenvalue weighted by Crippen LogP contribution is 2.23. The maximum Gasteiger partial charge on any atom is 0.152 e. The van der Waals surface area contributed by atoms with Crippen molar-refractivity contribution >= 4 is 21.3 Å². The van der Waals surface area contributed by atoms with Gasteiger partial charge in [0.05, 0.1) is 11.5 Å². The van der Waals surface area contributed by atoms with Crippen molar-refractivity contribution in [2.45, 2.75) is 19.4 Å². The summed E-state index contributed by atoms with van der Waals surface area (Å²) < 4.78 is 22.9. The maximum atomic E-state index is 11.4. The number of hydrogen-bond acceptors (Lipinski definition) is 5. The third kappa shape index (κ3) is 2.52. The van der Waals surface area contributed by atoms with Crippen LogP contribution in [0.4, 0.5) is 11.5 Å². The average molecular weight is 255 g/mol. The second-order valence-corrected chi connectivity index (χ2v) is 6.80. The van der Waals surface area contributed by atoms with E-state index in [-0.39, 0.29) is 17.5 Å². The molecule has 1 saturated heterocycles. The number of sulfone groups is 1. The maximum absolute atomic E-state index is 11.4. The fourth-order valence-electron chi connectivity index (χ4n) is 1.99. The number of aromatic nitrogens is 1. The van der Waals surface area contributed by atoms with Crippen LogP contribution in [-0.2, 0) is 9.84 Å². The predicted molar refractivity (Wildman–Crippen MR) is 68.8 cm³/mol. The van der Waals surface area contributed by atoms with Gasteiger partial charge in [-0.2, -0.15) is 0 Å². The van der Waals surface area contributed by atoms with Crippen LogP contribution in [0.2, 0.25) is 0 Å². The van der Waals surface area contributed by atoms with Gasteiger partial charge in [0.1, 0.15) is 5.82 Å². The summed E-state index contributed by atoms with van der Waals surface area (Å²) in [4.78, 5) is 6.19. The molecule has 1 unspecified atom stereocenters. The highest BCUT2D eigenvalue weighted by Gasteiger charge is 2.31. The van der Waals surface area contributed by atoms with Crippen LogP contribution in [-0.4, -0.2) is 38.0 Å². The SMILES string of the molecule is Cc1cnc(N(C)C2CCS(=O)(=O)C2)cc1N. The minimum Gasteiger partial charge on any atom is -0.398 e. The molecule has 94 valence electrons. The number of pyridine rings is 1. The summed E-state index contributed by atoms with van der Waals surface area (Å²) in [5, 5.41) is 0. The Bertz CT molecular complexity index is 528. The van der Waals surface area contributed by atoms with Crippen molar-refractivity contribution in [3.05, 3.63) is 17.8 Å². The van der Waals surface area contributed by atoms with Crippen LogP contribution in [0, 0.1) is 6.92 Å². The molecule has 0 aromatic carbocycles. The van der Waals surface area contributed by atoms with Gasteiger partial charge in [0.25, 0.3) is 0 Å². The number of nitrogens with two attached hydrogens (primary N) is 1. The average Bonchev–Trinajstić information content (AvgIpc) is 2.62. The molecular weight excluding hydrogens is 238 g/mol. The molecule has 0 saturated carbocycles. The first-order chi connectivity index (χ1) is 7.89. The van der Waals surface area contributed by atoms with E-state index in [1.807, 2.05) is 18.9 Å². The standard InChI is InChI=1S/C11H17N3O2S/c1-8-6-13-11(5-10(8)12)14(2)9-3-4-17(15,16)7-9/h5-6,9H,3-4,7H2,1-2H3,(H2,12,13). The molecule has 0 radical (unpaired) electrons. The third-order valence-corrected chi connectivity index (χ3v) is 5.00. The van der Waals surface area contributed by atoms with Gasteiger partial charge in [0.15, 0.2) is 9.84 Å². The normalized spacial score (nSPS) is 22.6. The minimum atomic E-state index is -2.87. The quantitative estimate of drug-likeness (QED) is 0.837. The number of nitrogen functional groups attached to an aromatic ring is 1. The molecular formula is C11H17N3O2S. The van der Waals surface area contributed by atoms with Gasteiger partial charge in [-0.15, -0.1) is 0 Å². The monoisotopic (exact) mass is 255 g/mol. The van der Waals surface area contributed by atoms with E-state index in [2.05, 4.69) is 4.98 Å². The summed E-state index contributed by atoms with van der Waals surface area (Å²) in [6, 6.07) is 1.80. The van der Waals surface area contributed by atoms with Crippen LogP contribution in [0.3, 0.4) is 0 Å². The summed E-state index contributed by atoms with van der Waals surface area (Å²) >= 11 is 0. The lowest BCUT2D eigenvalue weighted by atomic mass is 10.2. The fourth-order valence-corrected chi connectivity index (χ4v) is 3.76. The molecule has 17 heavy (non-hydrogen) atoms. The minimum absolute atomic E-state index is 0.00889.